The Morgan fingerprint density at radius 2 is 1.82 bits per heavy atom. The number of carbonyl (C=O) groups excluding carboxylic acids is 2. The van der Waals surface area contributed by atoms with Gasteiger partial charge in [-0.05, 0) is 29.8 Å². The molecule has 2 amide bonds. The molecule has 8 nitrogen and oxygen atoms in total. The first-order valence-electron chi connectivity index (χ1n) is 8.24. The van der Waals surface area contributed by atoms with E-state index in [1.165, 1.54) is 31.5 Å². The van der Waals surface area contributed by atoms with Crippen LogP contribution in [-0.2, 0) is 9.59 Å². The first kappa shape index (κ1) is 20.4. The van der Waals surface area contributed by atoms with Crippen molar-refractivity contribution in [1.29, 1.82) is 0 Å². The van der Waals surface area contributed by atoms with Crippen LogP contribution >= 0.6 is 0 Å². The van der Waals surface area contributed by atoms with Gasteiger partial charge in [0.1, 0.15) is 5.75 Å². The van der Waals surface area contributed by atoms with Gasteiger partial charge >= 0.3 is 5.97 Å². The van der Waals surface area contributed by atoms with Crippen LogP contribution in [0.2, 0.25) is 0 Å². The highest BCUT2D eigenvalue weighted by molar-refractivity contribution is 5.94. The lowest BCUT2D eigenvalue weighted by molar-refractivity contribution is -0.123. The maximum Gasteiger partial charge on any atom is 0.335 e. The average molecular weight is 381 g/mol. The Labute approximate surface area is 161 Å². The second-order valence-electron chi connectivity index (χ2n) is 5.51. The fourth-order valence-corrected chi connectivity index (χ4v) is 2.13. The van der Waals surface area contributed by atoms with E-state index in [0.29, 0.717) is 11.3 Å². The Morgan fingerprint density at radius 3 is 2.50 bits per heavy atom. The summed E-state index contributed by atoms with van der Waals surface area (Å²) in [6, 6.07) is 13.2. The summed E-state index contributed by atoms with van der Waals surface area (Å²) in [5.74, 6) is -1.32. The number of rotatable bonds is 8. The minimum Gasteiger partial charge on any atom is -0.496 e. The molecule has 0 saturated carbocycles. The number of nitrogens with zero attached hydrogens (tertiary/aromatic N) is 1. The molecule has 3 N–H and O–H groups in total. The number of hydrazone groups is 1. The number of hydrogen-bond donors (Lipinski definition) is 3. The van der Waals surface area contributed by atoms with E-state index in [4.69, 9.17) is 9.84 Å². The highest BCUT2D eigenvalue weighted by Gasteiger charge is 2.03. The van der Waals surface area contributed by atoms with Gasteiger partial charge in [-0.2, -0.15) is 5.10 Å². The molecule has 0 aliphatic rings. The van der Waals surface area contributed by atoms with Crippen LogP contribution in [0.5, 0.6) is 5.75 Å². The number of ether oxygens (including phenoxy) is 1. The highest BCUT2D eigenvalue weighted by Crippen LogP contribution is 2.18. The lowest BCUT2D eigenvalue weighted by Crippen LogP contribution is -2.34. The molecule has 0 atom stereocenters. The summed E-state index contributed by atoms with van der Waals surface area (Å²) in [4.78, 5) is 34.3. The topological polar surface area (TPSA) is 117 Å². The molecule has 0 aromatic heterocycles. The van der Waals surface area contributed by atoms with E-state index in [1.54, 1.807) is 30.3 Å². The SMILES string of the molecule is COc1ccccc1C=CC(=O)NCC(=O)NN=Cc1ccc(C(=O)O)cc1. The fraction of sp³-hybridized carbons (Fsp3) is 0.100. The first-order valence-corrected chi connectivity index (χ1v) is 8.24. The number of carboxylic acids is 1. The zero-order valence-corrected chi connectivity index (χ0v) is 15.1. The number of hydrogen-bond acceptors (Lipinski definition) is 5. The van der Waals surface area contributed by atoms with Crippen LogP contribution in [0.3, 0.4) is 0 Å². The molecule has 2 aromatic rings. The van der Waals surface area contributed by atoms with Gasteiger partial charge in [0.05, 0.1) is 25.4 Å². The zero-order valence-electron chi connectivity index (χ0n) is 15.1. The van der Waals surface area contributed by atoms with Gasteiger partial charge in [0.15, 0.2) is 0 Å². The molecule has 144 valence electrons. The molecule has 2 aromatic carbocycles. The Hall–Kier alpha value is -3.94. The first-order chi connectivity index (χ1) is 13.5. The summed E-state index contributed by atoms with van der Waals surface area (Å²) in [6.45, 7) is -0.246. The van der Waals surface area contributed by atoms with Crippen molar-refractivity contribution in [2.45, 2.75) is 0 Å². The smallest absolute Gasteiger partial charge is 0.335 e. The van der Waals surface area contributed by atoms with Gasteiger partial charge in [-0.25, -0.2) is 10.2 Å². The van der Waals surface area contributed by atoms with Crippen LogP contribution in [0.25, 0.3) is 6.08 Å². The largest absolute Gasteiger partial charge is 0.496 e. The van der Waals surface area contributed by atoms with E-state index in [-0.39, 0.29) is 12.1 Å². The van der Waals surface area contributed by atoms with Crippen molar-refractivity contribution in [3.63, 3.8) is 0 Å². The lowest BCUT2D eigenvalue weighted by Gasteiger charge is -2.04. The quantitative estimate of drug-likeness (QED) is 0.365. The molecule has 28 heavy (non-hydrogen) atoms. The lowest BCUT2D eigenvalue weighted by atomic mass is 10.1. The Bertz CT molecular complexity index is 904. The molecule has 2 rings (SSSR count). The molecular formula is C20H19N3O5. The van der Waals surface area contributed by atoms with E-state index in [2.05, 4.69) is 15.8 Å². The van der Waals surface area contributed by atoms with Gasteiger partial charge in [0, 0.05) is 11.6 Å². The monoisotopic (exact) mass is 381 g/mol. The van der Waals surface area contributed by atoms with E-state index in [1.807, 2.05) is 12.1 Å². The Kier molecular flexibility index (Phi) is 7.47. The van der Waals surface area contributed by atoms with Gasteiger partial charge in [0.2, 0.25) is 5.91 Å². The van der Waals surface area contributed by atoms with Gasteiger partial charge in [0.25, 0.3) is 5.91 Å². The number of aromatic carboxylic acids is 1. The van der Waals surface area contributed by atoms with Crippen molar-refractivity contribution in [3.8, 4) is 5.75 Å². The van der Waals surface area contributed by atoms with Crippen molar-refractivity contribution in [3.05, 3.63) is 71.3 Å². The van der Waals surface area contributed by atoms with Crippen molar-refractivity contribution in [1.82, 2.24) is 10.7 Å². The predicted molar refractivity (Wildman–Crippen MR) is 104 cm³/mol. The van der Waals surface area contributed by atoms with Crippen molar-refractivity contribution >= 4 is 30.1 Å². The molecule has 0 unspecified atom stereocenters. The molecule has 0 heterocycles. The number of benzene rings is 2. The molecule has 0 aliphatic carbocycles. The van der Waals surface area contributed by atoms with Gasteiger partial charge < -0.3 is 15.2 Å². The molecule has 0 saturated heterocycles. The molecule has 0 fully saturated rings. The number of nitrogens with one attached hydrogen (secondary N) is 2. The van der Waals surface area contributed by atoms with Crippen LogP contribution in [-0.4, -0.2) is 42.8 Å². The third kappa shape index (κ3) is 6.41. The molecule has 0 bridgehead atoms. The standard InChI is InChI=1S/C20H19N3O5/c1-28-17-5-3-2-4-15(17)10-11-18(24)21-13-19(25)23-22-12-14-6-8-16(9-7-14)20(26)27/h2-12H,13H2,1H3,(H,21,24)(H,23,25)(H,26,27). The number of amides is 2. The van der Waals surface area contributed by atoms with E-state index >= 15 is 0 Å². The van der Waals surface area contributed by atoms with Gasteiger partial charge in [-0.1, -0.05) is 30.3 Å². The van der Waals surface area contributed by atoms with Crippen LogP contribution < -0.4 is 15.5 Å². The predicted octanol–water partition coefficient (Wildman–Crippen LogP) is 1.67. The minimum atomic E-state index is -1.02. The van der Waals surface area contributed by atoms with E-state index in [0.717, 1.165) is 5.56 Å². The summed E-state index contributed by atoms with van der Waals surface area (Å²) in [5, 5.41) is 15.0. The maximum atomic E-state index is 11.8. The third-order valence-corrected chi connectivity index (χ3v) is 3.54. The normalized spacial score (nSPS) is 10.8. The maximum absolute atomic E-state index is 11.8. The molecule has 0 radical (unpaired) electrons. The highest BCUT2D eigenvalue weighted by atomic mass is 16.5. The van der Waals surface area contributed by atoms with E-state index in [9.17, 15) is 14.4 Å². The van der Waals surface area contributed by atoms with Crippen molar-refractivity contribution < 1.29 is 24.2 Å². The number of carbonyl (C=O) groups is 3. The van der Waals surface area contributed by atoms with Gasteiger partial charge in [-0.3, -0.25) is 9.59 Å². The molecule has 0 spiro atoms. The second-order valence-corrected chi connectivity index (χ2v) is 5.51. The molecule has 0 aliphatic heterocycles. The number of para-hydroxylation sites is 1. The van der Waals surface area contributed by atoms with Crippen molar-refractivity contribution in [2.24, 2.45) is 5.10 Å². The summed E-state index contributed by atoms with van der Waals surface area (Å²) in [6.07, 6.45) is 4.26. The van der Waals surface area contributed by atoms with Crippen LogP contribution in [0, 0.1) is 0 Å². The number of carboxylic acid groups (broad SMARTS) is 1. The van der Waals surface area contributed by atoms with E-state index < -0.39 is 17.8 Å². The van der Waals surface area contributed by atoms with Crippen LogP contribution in [0.4, 0.5) is 0 Å². The van der Waals surface area contributed by atoms with Crippen LogP contribution in [0.15, 0.2) is 59.7 Å². The average Bonchev–Trinajstić information content (AvgIpc) is 2.71. The molecular weight excluding hydrogens is 362 g/mol. The Balaban J connectivity index is 1.77. The summed E-state index contributed by atoms with van der Waals surface area (Å²) < 4.78 is 5.18. The summed E-state index contributed by atoms with van der Waals surface area (Å²) >= 11 is 0. The number of methoxy groups -OCH3 is 1. The van der Waals surface area contributed by atoms with Crippen molar-refractivity contribution in [2.75, 3.05) is 13.7 Å². The fourth-order valence-electron chi connectivity index (χ4n) is 2.13. The minimum absolute atomic E-state index is 0.157. The summed E-state index contributed by atoms with van der Waals surface area (Å²) in [5.41, 5.74) is 3.79. The Morgan fingerprint density at radius 1 is 1.11 bits per heavy atom. The third-order valence-electron chi connectivity index (χ3n) is 3.54. The van der Waals surface area contributed by atoms with Gasteiger partial charge in [-0.15, -0.1) is 0 Å². The zero-order chi connectivity index (χ0) is 20.4. The second kappa shape index (κ2) is 10.3. The molecule has 8 heteroatoms. The van der Waals surface area contributed by atoms with Crippen LogP contribution in [0.1, 0.15) is 21.5 Å². The summed E-state index contributed by atoms with van der Waals surface area (Å²) in [7, 11) is 1.54.